The molecule has 0 spiro atoms. The number of fused-ring (bicyclic) bond motifs is 1. The Kier molecular flexibility index (Phi) is 6.78. The van der Waals surface area contributed by atoms with E-state index in [4.69, 9.17) is 0 Å². The van der Waals surface area contributed by atoms with Crippen molar-refractivity contribution in [3.05, 3.63) is 64.7 Å². The van der Waals surface area contributed by atoms with Gasteiger partial charge in [0.25, 0.3) is 5.91 Å². The van der Waals surface area contributed by atoms with Gasteiger partial charge in [0.1, 0.15) is 0 Å². The number of aromatic nitrogens is 4. The summed E-state index contributed by atoms with van der Waals surface area (Å²) < 4.78 is 41.3. The molecule has 1 aliphatic heterocycles. The molecule has 11 heteroatoms. The van der Waals surface area contributed by atoms with E-state index < -0.39 is 17.8 Å². The summed E-state index contributed by atoms with van der Waals surface area (Å²) >= 11 is 0. The van der Waals surface area contributed by atoms with E-state index >= 15 is 0 Å². The third-order valence-electron chi connectivity index (χ3n) is 7.24. The molecule has 8 nitrogen and oxygen atoms in total. The minimum absolute atomic E-state index is 0.0585. The van der Waals surface area contributed by atoms with Gasteiger partial charge in [0.2, 0.25) is 5.91 Å². The van der Waals surface area contributed by atoms with E-state index in [0.29, 0.717) is 42.9 Å². The standard InChI is InChI=1S/C26H29F3N6O2/c1-2-3-16-4-6-17(7-5-16)24(36)31-19-14-30-35(15-19)20-8-10-34(11-9-20)25(37)18-12-21-22(13-18)32-33-23(21)26(27,28)29/h4-7,14-15,18,20H,2-3,8-13H2,1H3,(H,31,36)(H,32,33). The maximum Gasteiger partial charge on any atom is 0.435 e. The van der Waals surface area contributed by atoms with E-state index in [0.717, 1.165) is 12.8 Å². The fraction of sp³-hybridized carbons (Fsp3) is 0.462. The Morgan fingerprint density at radius 1 is 1.14 bits per heavy atom. The third-order valence-corrected chi connectivity index (χ3v) is 7.24. The number of likely N-dealkylation sites (tertiary alicyclic amines) is 1. The van der Waals surface area contributed by atoms with Crippen LogP contribution in [0.15, 0.2) is 36.7 Å². The Balaban J connectivity index is 1.13. The summed E-state index contributed by atoms with van der Waals surface area (Å²) in [6.45, 7) is 3.12. The minimum Gasteiger partial charge on any atom is -0.342 e. The number of alkyl halides is 3. The molecule has 1 aliphatic carbocycles. The van der Waals surface area contributed by atoms with Crippen LogP contribution in [0.3, 0.4) is 0 Å². The van der Waals surface area contributed by atoms with Crippen LogP contribution in [0.1, 0.15) is 65.1 Å². The smallest absolute Gasteiger partial charge is 0.342 e. The Hall–Kier alpha value is -3.63. The van der Waals surface area contributed by atoms with Gasteiger partial charge in [-0.3, -0.25) is 19.4 Å². The molecule has 196 valence electrons. The number of benzene rings is 1. The normalized spacial score (nSPS) is 18.2. The number of piperidine rings is 1. The number of hydrogen-bond donors (Lipinski definition) is 2. The topological polar surface area (TPSA) is 95.9 Å². The first-order valence-corrected chi connectivity index (χ1v) is 12.6. The lowest BCUT2D eigenvalue weighted by molar-refractivity contribution is -0.142. The number of anilines is 1. The first-order chi connectivity index (χ1) is 17.7. The van der Waals surface area contributed by atoms with Crippen LogP contribution in [0, 0.1) is 5.92 Å². The largest absolute Gasteiger partial charge is 0.435 e. The Bertz CT molecular complexity index is 1270. The van der Waals surface area contributed by atoms with Crippen LogP contribution < -0.4 is 5.32 Å². The van der Waals surface area contributed by atoms with Gasteiger partial charge in [-0.25, -0.2) is 0 Å². The van der Waals surface area contributed by atoms with Gasteiger partial charge in [-0.15, -0.1) is 0 Å². The summed E-state index contributed by atoms with van der Waals surface area (Å²) in [7, 11) is 0. The van der Waals surface area contributed by atoms with Crippen molar-refractivity contribution >= 4 is 17.5 Å². The van der Waals surface area contributed by atoms with Gasteiger partial charge in [0, 0.05) is 48.4 Å². The summed E-state index contributed by atoms with van der Waals surface area (Å²) in [5, 5.41) is 13.1. The van der Waals surface area contributed by atoms with E-state index in [2.05, 4.69) is 27.5 Å². The molecule has 2 aliphatic rings. The molecule has 2 amide bonds. The number of carbonyl (C=O) groups is 2. The molecule has 1 atom stereocenters. The summed E-state index contributed by atoms with van der Waals surface area (Å²) in [4.78, 5) is 27.4. The van der Waals surface area contributed by atoms with Gasteiger partial charge in [0.05, 0.1) is 17.9 Å². The van der Waals surface area contributed by atoms with Crippen LogP contribution in [-0.2, 0) is 30.2 Å². The van der Waals surface area contributed by atoms with Crippen LogP contribution in [0.25, 0.3) is 0 Å². The SMILES string of the molecule is CCCc1ccc(C(=O)Nc2cnn(C3CCN(C(=O)C4Cc5[nH]nc(C(F)(F)F)c5C4)CC3)c2)cc1. The van der Waals surface area contributed by atoms with E-state index in [1.165, 1.54) is 5.56 Å². The molecule has 1 unspecified atom stereocenters. The Morgan fingerprint density at radius 3 is 2.54 bits per heavy atom. The fourth-order valence-electron chi connectivity index (χ4n) is 5.29. The minimum atomic E-state index is -4.53. The summed E-state index contributed by atoms with van der Waals surface area (Å²) in [5.74, 6) is -0.813. The number of nitrogens with one attached hydrogen (secondary N) is 2. The monoisotopic (exact) mass is 514 g/mol. The van der Waals surface area contributed by atoms with Crippen molar-refractivity contribution in [1.82, 2.24) is 24.9 Å². The number of carbonyl (C=O) groups excluding carboxylic acids is 2. The van der Waals surface area contributed by atoms with Crippen molar-refractivity contribution in [3.8, 4) is 0 Å². The number of aromatic amines is 1. The maximum absolute atomic E-state index is 13.2. The third kappa shape index (κ3) is 5.26. The molecule has 1 fully saturated rings. The lowest BCUT2D eigenvalue weighted by Crippen LogP contribution is -2.42. The molecule has 1 saturated heterocycles. The maximum atomic E-state index is 13.2. The zero-order valence-corrected chi connectivity index (χ0v) is 20.5. The van der Waals surface area contributed by atoms with Crippen LogP contribution >= 0.6 is 0 Å². The van der Waals surface area contributed by atoms with E-state index in [1.807, 2.05) is 28.9 Å². The average molecular weight is 515 g/mol. The lowest BCUT2D eigenvalue weighted by atomic mass is 10.00. The molecule has 37 heavy (non-hydrogen) atoms. The van der Waals surface area contributed by atoms with Crippen molar-refractivity contribution in [1.29, 1.82) is 0 Å². The van der Waals surface area contributed by atoms with E-state index in [-0.39, 0.29) is 36.3 Å². The van der Waals surface area contributed by atoms with Gasteiger partial charge in [-0.2, -0.15) is 23.4 Å². The molecule has 5 rings (SSSR count). The first-order valence-electron chi connectivity index (χ1n) is 12.6. The summed E-state index contributed by atoms with van der Waals surface area (Å²) in [6, 6.07) is 7.63. The number of aryl methyl sites for hydroxylation is 1. The second-order valence-electron chi connectivity index (χ2n) is 9.80. The number of hydrogen-bond acceptors (Lipinski definition) is 4. The Labute approximate surface area is 212 Å². The van der Waals surface area contributed by atoms with Crippen LogP contribution in [0.2, 0.25) is 0 Å². The molecule has 2 aromatic heterocycles. The molecule has 2 N–H and O–H groups in total. The second-order valence-corrected chi connectivity index (χ2v) is 9.80. The molecular formula is C26H29F3N6O2. The molecule has 1 aromatic carbocycles. The van der Waals surface area contributed by atoms with Crippen LogP contribution in [0.5, 0.6) is 0 Å². The Morgan fingerprint density at radius 2 is 1.86 bits per heavy atom. The molecule has 0 saturated carbocycles. The molecule has 3 aromatic rings. The summed E-state index contributed by atoms with van der Waals surface area (Å²) in [5.41, 5.74) is 1.98. The van der Waals surface area contributed by atoms with Crippen molar-refractivity contribution < 1.29 is 22.8 Å². The van der Waals surface area contributed by atoms with Gasteiger partial charge in [-0.05, 0) is 43.4 Å². The predicted molar refractivity (Wildman–Crippen MR) is 130 cm³/mol. The number of amides is 2. The van der Waals surface area contributed by atoms with Gasteiger partial charge in [0.15, 0.2) is 5.69 Å². The van der Waals surface area contributed by atoms with E-state index in [9.17, 15) is 22.8 Å². The number of H-pyrrole nitrogens is 1. The highest BCUT2D eigenvalue weighted by molar-refractivity contribution is 6.04. The van der Waals surface area contributed by atoms with Crippen LogP contribution in [-0.4, -0.2) is 49.8 Å². The lowest BCUT2D eigenvalue weighted by Gasteiger charge is -2.33. The average Bonchev–Trinajstić information content (AvgIpc) is 3.60. The highest BCUT2D eigenvalue weighted by Gasteiger charge is 2.43. The zero-order chi connectivity index (χ0) is 26.2. The number of halogens is 3. The van der Waals surface area contributed by atoms with E-state index in [1.54, 1.807) is 17.3 Å². The highest BCUT2D eigenvalue weighted by Crippen LogP contribution is 2.38. The van der Waals surface area contributed by atoms with Crippen molar-refractivity contribution in [3.63, 3.8) is 0 Å². The van der Waals surface area contributed by atoms with Gasteiger partial charge in [-0.1, -0.05) is 25.5 Å². The molecule has 0 radical (unpaired) electrons. The molecular weight excluding hydrogens is 485 g/mol. The van der Waals surface area contributed by atoms with Crippen molar-refractivity contribution in [2.75, 3.05) is 18.4 Å². The highest BCUT2D eigenvalue weighted by atomic mass is 19.4. The fourth-order valence-corrected chi connectivity index (χ4v) is 5.29. The number of rotatable bonds is 6. The van der Waals surface area contributed by atoms with Crippen molar-refractivity contribution in [2.24, 2.45) is 5.92 Å². The van der Waals surface area contributed by atoms with Crippen molar-refractivity contribution in [2.45, 2.75) is 57.7 Å². The summed E-state index contributed by atoms with van der Waals surface area (Å²) in [6.07, 6.45) is 2.56. The zero-order valence-electron chi connectivity index (χ0n) is 20.5. The molecule has 0 bridgehead atoms. The van der Waals surface area contributed by atoms with Gasteiger partial charge < -0.3 is 10.2 Å². The first kappa shape index (κ1) is 25.0. The van der Waals surface area contributed by atoms with Crippen LogP contribution in [0.4, 0.5) is 18.9 Å². The second kappa shape index (κ2) is 10.0. The molecule has 3 heterocycles. The number of nitrogens with zero attached hydrogens (tertiary/aromatic N) is 4. The van der Waals surface area contributed by atoms with Gasteiger partial charge >= 0.3 is 6.18 Å². The quantitative estimate of drug-likeness (QED) is 0.510. The predicted octanol–water partition coefficient (Wildman–Crippen LogP) is 4.41.